The summed E-state index contributed by atoms with van der Waals surface area (Å²) in [5, 5.41) is 53.3. The molecule has 16 heteroatoms. The SMILES string of the molecule is CC1=C2C(O)C(=O)[C@]3(C)C(OS(=O)Oc4ccc(C)cc4)CC4OCC4(O)C3C(OC(=O)c3ccccc3)C(O)(CC1OC(=O)C(O)C(NC(=O)c1ccccc1)c1ccccc1)C2(C)C. The Balaban J connectivity index is 1.22. The number of fused-ring (bicyclic) bond motifs is 5. The largest absolute Gasteiger partial charge is 0.456 e. The number of aliphatic hydroxyl groups is 4. The highest BCUT2D eigenvalue weighted by Gasteiger charge is 2.77. The van der Waals surface area contributed by atoms with Crippen LogP contribution >= 0.6 is 0 Å². The lowest BCUT2D eigenvalue weighted by atomic mass is 9.44. The van der Waals surface area contributed by atoms with Crippen molar-refractivity contribution in [3.63, 3.8) is 0 Å². The minimum atomic E-state index is -2.57. The summed E-state index contributed by atoms with van der Waals surface area (Å²) in [5.74, 6) is -5.12. The van der Waals surface area contributed by atoms with E-state index in [0.29, 0.717) is 5.56 Å². The molecule has 8 rings (SSSR count). The summed E-state index contributed by atoms with van der Waals surface area (Å²) in [5.41, 5.74) is -6.49. The molecule has 15 nitrogen and oxygen atoms in total. The first kappa shape index (κ1) is 46.9. The van der Waals surface area contributed by atoms with Crippen molar-refractivity contribution in [1.82, 2.24) is 5.32 Å². The van der Waals surface area contributed by atoms with Crippen molar-refractivity contribution in [2.75, 3.05) is 6.61 Å². The van der Waals surface area contributed by atoms with Gasteiger partial charge >= 0.3 is 23.3 Å². The van der Waals surface area contributed by atoms with E-state index in [2.05, 4.69) is 5.32 Å². The normalized spacial score (nSPS) is 31.3. The number of esters is 2. The molecule has 12 atom stereocenters. The summed E-state index contributed by atoms with van der Waals surface area (Å²) in [6.07, 6.45) is -10.7. The van der Waals surface area contributed by atoms with Crippen molar-refractivity contribution in [2.45, 2.75) is 101 Å². The number of amides is 1. The summed E-state index contributed by atoms with van der Waals surface area (Å²) < 4.78 is 43.7. The summed E-state index contributed by atoms with van der Waals surface area (Å²) >= 11 is -2.57. The fourth-order valence-corrected chi connectivity index (χ4v) is 11.2. The Bertz CT molecular complexity index is 2540. The molecule has 1 heterocycles. The number of aliphatic hydroxyl groups excluding tert-OH is 2. The van der Waals surface area contributed by atoms with Gasteiger partial charge in [-0.05, 0) is 73.9 Å². The molecule has 0 aromatic heterocycles. The van der Waals surface area contributed by atoms with Crippen molar-refractivity contribution in [2.24, 2.45) is 16.7 Å². The van der Waals surface area contributed by atoms with Crippen molar-refractivity contribution < 1.29 is 66.4 Å². The van der Waals surface area contributed by atoms with E-state index < -0.39 is 112 Å². The smallest absolute Gasteiger partial charge is 0.360 e. The van der Waals surface area contributed by atoms with Crippen LogP contribution in [0.3, 0.4) is 0 Å². The Morgan fingerprint density at radius 2 is 1.42 bits per heavy atom. The van der Waals surface area contributed by atoms with E-state index in [4.69, 9.17) is 22.6 Å². The number of rotatable bonds is 12. The molecule has 2 saturated carbocycles. The van der Waals surface area contributed by atoms with Crippen molar-refractivity contribution in [1.29, 1.82) is 0 Å². The van der Waals surface area contributed by atoms with Gasteiger partial charge in [0.2, 0.25) is 0 Å². The van der Waals surface area contributed by atoms with E-state index in [0.717, 1.165) is 5.56 Å². The number of ether oxygens (including phenoxy) is 3. The zero-order valence-corrected chi connectivity index (χ0v) is 37.8. The Morgan fingerprint density at radius 1 is 0.833 bits per heavy atom. The zero-order chi connectivity index (χ0) is 47.3. The maximum Gasteiger partial charge on any atom is 0.360 e. The third-order valence-corrected chi connectivity index (χ3v) is 15.0. The summed E-state index contributed by atoms with van der Waals surface area (Å²) in [6, 6.07) is 29.6. The van der Waals surface area contributed by atoms with Crippen molar-refractivity contribution in [3.8, 4) is 5.75 Å². The minimum Gasteiger partial charge on any atom is -0.456 e. The van der Waals surface area contributed by atoms with E-state index in [9.17, 15) is 39.0 Å². The first-order chi connectivity index (χ1) is 31.3. The van der Waals surface area contributed by atoms with E-state index in [1.54, 1.807) is 117 Å². The molecule has 1 aliphatic heterocycles. The molecule has 5 N–H and O–H groups in total. The second kappa shape index (κ2) is 17.9. The predicted molar refractivity (Wildman–Crippen MR) is 237 cm³/mol. The standard InChI is InChI=1S/C50H53NO14S/c1-28-21-23-33(24-22-28)64-66(60)65-35-25-36-49(58,27-61-36)41-43(63-45(56)32-19-13-8-14-20-32)50(59)26-34(29(2)37(47(50,3)4)39(52)42(54)48(35,41)5)62-46(57)40(53)38(30-15-9-6-10-16-30)51-44(55)31-17-11-7-12-18-31/h6-24,34-36,38-41,43,52-53,58-59H,25-27H2,1-5H3,(H,51,55)/t34?,35?,36?,38?,39?,40?,41?,43?,48-,49?,50?,66?/m1/s1. The average Bonchev–Trinajstić information content (AvgIpc) is 3.30. The minimum absolute atomic E-state index is 0.0667. The van der Waals surface area contributed by atoms with E-state index >= 15 is 4.79 Å². The lowest BCUT2D eigenvalue weighted by molar-refractivity contribution is -0.341. The van der Waals surface area contributed by atoms with Gasteiger partial charge in [-0.25, -0.2) is 9.59 Å². The molecule has 66 heavy (non-hydrogen) atoms. The molecule has 1 saturated heterocycles. The number of benzene rings is 4. The van der Waals surface area contributed by atoms with Crippen LogP contribution in [0.4, 0.5) is 0 Å². The van der Waals surface area contributed by atoms with Gasteiger partial charge in [-0.3, -0.25) is 13.8 Å². The summed E-state index contributed by atoms with van der Waals surface area (Å²) in [6.45, 7) is 7.49. The Kier molecular flexibility index (Phi) is 12.7. The van der Waals surface area contributed by atoms with Crippen LogP contribution in [0.5, 0.6) is 5.75 Å². The summed E-state index contributed by atoms with van der Waals surface area (Å²) in [4.78, 5) is 57.5. The third kappa shape index (κ3) is 8.07. The molecule has 2 bridgehead atoms. The topological polar surface area (TPSA) is 224 Å². The zero-order valence-electron chi connectivity index (χ0n) is 37.0. The molecule has 1 amide bonds. The Morgan fingerprint density at radius 3 is 2.02 bits per heavy atom. The fourth-order valence-electron chi connectivity index (χ4n) is 10.4. The quantitative estimate of drug-likeness (QED) is 0.0970. The van der Waals surface area contributed by atoms with Gasteiger partial charge in [0.1, 0.15) is 35.3 Å². The van der Waals surface area contributed by atoms with Gasteiger partial charge in [0.15, 0.2) is 11.9 Å². The van der Waals surface area contributed by atoms with Gasteiger partial charge in [-0.2, -0.15) is 4.21 Å². The van der Waals surface area contributed by atoms with E-state index in [1.165, 1.54) is 26.0 Å². The van der Waals surface area contributed by atoms with Crippen molar-refractivity contribution in [3.05, 3.63) is 149 Å². The van der Waals surface area contributed by atoms with Crippen LogP contribution in [0.25, 0.3) is 0 Å². The number of carbonyl (C=O) groups is 4. The van der Waals surface area contributed by atoms with Gasteiger partial charge < -0.3 is 44.1 Å². The van der Waals surface area contributed by atoms with Gasteiger partial charge in [-0.15, -0.1) is 0 Å². The highest BCUT2D eigenvalue weighted by atomic mass is 32.2. The van der Waals surface area contributed by atoms with Crippen LogP contribution in [0.1, 0.15) is 78.4 Å². The second-order valence-corrected chi connectivity index (χ2v) is 19.1. The van der Waals surface area contributed by atoms with Gasteiger partial charge in [0.05, 0.1) is 35.8 Å². The molecular formula is C50H53NO14S. The number of carbonyl (C=O) groups excluding carboxylic acids is 4. The molecule has 0 spiro atoms. The number of aryl methyl sites for hydroxylation is 1. The highest BCUT2D eigenvalue weighted by Crippen LogP contribution is 2.64. The molecular weight excluding hydrogens is 871 g/mol. The average molecular weight is 924 g/mol. The van der Waals surface area contributed by atoms with E-state index in [1.807, 2.05) is 6.92 Å². The van der Waals surface area contributed by atoms with Gasteiger partial charge in [0, 0.05) is 29.7 Å². The molecule has 3 fully saturated rings. The highest BCUT2D eigenvalue weighted by molar-refractivity contribution is 7.75. The molecule has 4 aromatic carbocycles. The van der Waals surface area contributed by atoms with Gasteiger partial charge in [0.25, 0.3) is 5.91 Å². The number of hydrogen-bond donors (Lipinski definition) is 5. The molecule has 0 radical (unpaired) electrons. The maximum absolute atomic E-state index is 15.4. The number of hydrogen-bond acceptors (Lipinski definition) is 14. The first-order valence-electron chi connectivity index (χ1n) is 21.7. The van der Waals surface area contributed by atoms with Crippen LogP contribution in [-0.2, 0) is 39.3 Å². The number of ketones is 1. The maximum atomic E-state index is 15.4. The lowest BCUT2D eigenvalue weighted by Crippen LogP contribution is -2.81. The predicted octanol–water partition coefficient (Wildman–Crippen LogP) is 4.58. The molecule has 11 unspecified atom stereocenters. The van der Waals surface area contributed by atoms with Crippen LogP contribution in [0, 0.1) is 23.7 Å². The third-order valence-electron chi connectivity index (χ3n) is 14.3. The fraction of sp³-hybridized carbons (Fsp3) is 0.400. The van der Waals surface area contributed by atoms with Crippen molar-refractivity contribution >= 4 is 35.0 Å². The number of Topliss-reactive ketones (excluding diaryl/α,β-unsaturated/α-hetero) is 1. The number of nitrogens with one attached hydrogen (secondary N) is 1. The Hall–Kier alpha value is -5.59. The molecule has 4 aliphatic rings. The molecule has 3 aliphatic carbocycles. The van der Waals surface area contributed by atoms with E-state index in [-0.39, 0.29) is 41.1 Å². The summed E-state index contributed by atoms with van der Waals surface area (Å²) in [7, 11) is 0. The second-order valence-electron chi connectivity index (χ2n) is 18.4. The van der Waals surface area contributed by atoms with Crippen LogP contribution in [-0.4, -0.2) is 103 Å². The Labute approximate surface area is 384 Å². The van der Waals surface area contributed by atoms with Crippen LogP contribution < -0.4 is 9.50 Å². The van der Waals surface area contributed by atoms with Crippen LogP contribution in [0.15, 0.2) is 126 Å². The van der Waals surface area contributed by atoms with Crippen LogP contribution in [0.2, 0.25) is 0 Å². The monoisotopic (exact) mass is 923 g/mol. The van der Waals surface area contributed by atoms with Gasteiger partial charge in [-0.1, -0.05) is 98.3 Å². The molecule has 4 aromatic rings. The first-order valence-corrected chi connectivity index (χ1v) is 22.7. The lowest BCUT2D eigenvalue weighted by Gasteiger charge is -2.67. The molecule has 348 valence electrons.